The Morgan fingerprint density at radius 3 is 1.71 bits per heavy atom. The third-order valence-electron chi connectivity index (χ3n) is 15.5. The van der Waals surface area contributed by atoms with Crippen LogP contribution < -0.4 is 0 Å². The van der Waals surface area contributed by atoms with E-state index in [2.05, 4.69) is 196 Å². The molecule has 13 rings (SSSR count). The van der Waals surface area contributed by atoms with Crippen molar-refractivity contribution in [1.82, 2.24) is 15.0 Å². The molecular weight excluding hydrogens is 799 g/mol. The second-order valence-corrected chi connectivity index (χ2v) is 18.9. The van der Waals surface area contributed by atoms with Crippen molar-refractivity contribution in [2.24, 2.45) is 5.92 Å². The van der Waals surface area contributed by atoms with E-state index in [0.29, 0.717) is 17.5 Å². The largest absolute Gasteiger partial charge is 0.208 e. The number of benzene rings is 8. The van der Waals surface area contributed by atoms with Crippen LogP contribution in [0.2, 0.25) is 0 Å². The van der Waals surface area contributed by atoms with Gasteiger partial charge < -0.3 is 0 Å². The SMILES string of the molecule is CC1c2ccc(-c3cccc4c3C3(c5ccccc5-4)c4ccccc4C4(C)C=CC=CC43)cc2-c2cc(-c3nc(-c4ccccc4)nc(-c4ccccc4)n3)ccc2C1Cc1ccccc1. The molecule has 5 unspecified atom stereocenters. The van der Waals surface area contributed by atoms with Gasteiger partial charge in [0.25, 0.3) is 0 Å². The number of fused-ring (bicyclic) bond motifs is 13. The van der Waals surface area contributed by atoms with Crippen LogP contribution in [0, 0.1) is 5.92 Å². The number of hydrogen-bond acceptors (Lipinski definition) is 3. The summed E-state index contributed by atoms with van der Waals surface area (Å²) in [7, 11) is 0. The monoisotopic (exact) mass is 845 g/mol. The van der Waals surface area contributed by atoms with Crippen LogP contribution in [-0.2, 0) is 17.3 Å². The first-order chi connectivity index (χ1) is 32.5. The molecule has 1 heterocycles. The molecule has 1 spiro atoms. The van der Waals surface area contributed by atoms with Gasteiger partial charge in [0, 0.05) is 28.0 Å². The van der Waals surface area contributed by atoms with Gasteiger partial charge >= 0.3 is 0 Å². The van der Waals surface area contributed by atoms with Crippen LogP contribution in [-0.4, -0.2) is 15.0 Å². The number of allylic oxidation sites excluding steroid dienone is 4. The molecule has 3 nitrogen and oxygen atoms in total. The summed E-state index contributed by atoms with van der Waals surface area (Å²) in [5.41, 5.74) is 19.8. The Kier molecular flexibility index (Phi) is 8.74. The highest BCUT2D eigenvalue weighted by Crippen LogP contribution is 2.68. The Labute approximate surface area is 387 Å². The summed E-state index contributed by atoms with van der Waals surface area (Å²) in [4.78, 5) is 15.4. The van der Waals surface area contributed by atoms with Crippen molar-refractivity contribution in [3.05, 3.63) is 257 Å². The van der Waals surface area contributed by atoms with E-state index in [1.165, 1.54) is 72.3 Å². The van der Waals surface area contributed by atoms with Crippen molar-refractivity contribution in [1.29, 1.82) is 0 Å². The topological polar surface area (TPSA) is 38.7 Å². The molecule has 1 aromatic heterocycles. The number of rotatable bonds is 6. The minimum Gasteiger partial charge on any atom is -0.208 e. The molecule has 0 bridgehead atoms. The second kappa shape index (κ2) is 14.9. The summed E-state index contributed by atoms with van der Waals surface area (Å²) in [6.45, 7) is 4.88. The molecule has 4 aliphatic rings. The minimum atomic E-state index is -0.365. The summed E-state index contributed by atoms with van der Waals surface area (Å²) in [5.74, 6) is 2.77. The lowest BCUT2D eigenvalue weighted by Gasteiger charge is -2.41. The first-order valence-corrected chi connectivity index (χ1v) is 23.4. The van der Waals surface area contributed by atoms with Crippen molar-refractivity contribution in [2.75, 3.05) is 0 Å². The molecule has 314 valence electrons. The molecule has 0 amide bonds. The summed E-state index contributed by atoms with van der Waals surface area (Å²) < 4.78 is 0. The normalized spacial score (nSPS) is 21.4. The fraction of sp³-hybridized carbons (Fsp3) is 0.127. The van der Waals surface area contributed by atoms with Gasteiger partial charge in [-0.2, -0.15) is 0 Å². The third-order valence-corrected chi connectivity index (χ3v) is 15.5. The summed E-state index contributed by atoms with van der Waals surface area (Å²) in [6.07, 6.45) is 10.4. The van der Waals surface area contributed by atoms with Crippen LogP contribution in [0.3, 0.4) is 0 Å². The molecule has 4 aliphatic carbocycles. The molecular formula is C63H47N3. The summed E-state index contributed by atoms with van der Waals surface area (Å²) >= 11 is 0. The Hall–Kier alpha value is -7.75. The first-order valence-electron chi connectivity index (χ1n) is 23.4. The lowest BCUT2D eigenvalue weighted by molar-refractivity contribution is 0.372. The van der Waals surface area contributed by atoms with Crippen LogP contribution in [0.4, 0.5) is 0 Å². The molecule has 66 heavy (non-hydrogen) atoms. The average molecular weight is 846 g/mol. The first kappa shape index (κ1) is 38.7. The predicted octanol–water partition coefficient (Wildman–Crippen LogP) is 15.0. The van der Waals surface area contributed by atoms with Crippen LogP contribution in [0.25, 0.3) is 67.5 Å². The fourth-order valence-corrected chi connectivity index (χ4v) is 12.5. The van der Waals surface area contributed by atoms with Crippen molar-refractivity contribution >= 4 is 0 Å². The van der Waals surface area contributed by atoms with Gasteiger partial charge in [0.1, 0.15) is 0 Å². The van der Waals surface area contributed by atoms with E-state index in [9.17, 15) is 0 Å². The van der Waals surface area contributed by atoms with Crippen LogP contribution in [0.15, 0.2) is 218 Å². The maximum absolute atomic E-state index is 5.20. The molecule has 5 atom stereocenters. The highest BCUT2D eigenvalue weighted by Gasteiger charge is 2.62. The lowest BCUT2D eigenvalue weighted by Crippen LogP contribution is -2.39. The van der Waals surface area contributed by atoms with Crippen LogP contribution in [0.5, 0.6) is 0 Å². The number of hydrogen-bond donors (Lipinski definition) is 0. The number of aromatic nitrogens is 3. The molecule has 3 heteroatoms. The molecule has 0 radical (unpaired) electrons. The van der Waals surface area contributed by atoms with E-state index < -0.39 is 0 Å². The standard InChI is InChI=1S/C63H47N3/c1-40-46-34-32-44(47-26-18-27-50-49-25-12-13-28-54(49)63(58(47)50)56-30-15-14-29-55(56)62(2)36-17-16-31-57(62)63)38-52(46)53-39-45(33-35-48(53)51(40)37-41-19-6-3-7-20-41)61-65-59(42-21-8-4-9-22-42)64-60(66-61)43-23-10-5-11-24-43/h3-36,38-40,51,57H,37H2,1-2H3. The Morgan fingerprint density at radius 1 is 0.439 bits per heavy atom. The van der Waals surface area contributed by atoms with Crippen LogP contribution >= 0.6 is 0 Å². The third kappa shape index (κ3) is 5.66. The van der Waals surface area contributed by atoms with E-state index >= 15 is 0 Å². The van der Waals surface area contributed by atoms with E-state index in [-0.39, 0.29) is 28.6 Å². The van der Waals surface area contributed by atoms with Gasteiger partial charge in [-0.15, -0.1) is 0 Å². The van der Waals surface area contributed by atoms with Gasteiger partial charge in [-0.05, 0) is 103 Å². The molecule has 8 aromatic carbocycles. The summed E-state index contributed by atoms with van der Waals surface area (Å²) in [6, 6.07) is 71.3. The molecule has 0 N–H and O–H groups in total. The summed E-state index contributed by atoms with van der Waals surface area (Å²) in [5, 5.41) is 0. The maximum atomic E-state index is 5.20. The van der Waals surface area contributed by atoms with E-state index in [0.717, 1.165) is 23.1 Å². The van der Waals surface area contributed by atoms with Gasteiger partial charge in [0.2, 0.25) is 0 Å². The lowest BCUT2D eigenvalue weighted by atomic mass is 9.60. The zero-order valence-corrected chi connectivity index (χ0v) is 37.1. The van der Waals surface area contributed by atoms with Gasteiger partial charge in [-0.1, -0.05) is 220 Å². The quantitative estimate of drug-likeness (QED) is 0.167. The maximum Gasteiger partial charge on any atom is 0.164 e. The molecule has 0 aliphatic heterocycles. The van der Waals surface area contributed by atoms with E-state index in [1.54, 1.807) is 0 Å². The average Bonchev–Trinajstić information content (AvgIpc) is 3.82. The van der Waals surface area contributed by atoms with Crippen molar-refractivity contribution < 1.29 is 0 Å². The van der Waals surface area contributed by atoms with Crippen LogP contribution in [0.1, 0.15) is 64.6 Å². The molecule has 0 fully saturated rings. The second-order valence-electron chi connectivity index (χ2n) is 18.9. The van der Waals surface area contributed by atoms with E-state index in [4.69, 9.17) is 15.0 Å². The smallest absolute Gasteiger partial charge is 0.164 e. The Bertz CT molecular complexity index is 3390. The fourth-order valence-electron chi connectivity index (χ4n) is 12.5. The highest BCUT2D eigenvalue weighted by molar-refractivity contribution is 5.94. The molecule has 0 saturated carbocycles. The van der Waals surface area contributed by atoms with Gasteiger partial charge in [0.15, 0.2) is 17.5 Å². The van der Waals surface area contributed by atoms with Crippen molar-refractivity contribution in [3.63, 3.8) is 0 Å². The predicted molar refractivity (Wildman–Crippen MR) is 269 cm³/mol. The Morgan fingerprint density at radius 2 is 0.985 bits per heavy atom. The number of nitrogens with zero attached hydrogens (tertiary/aromatic N) is 3. The van der Waals surface area contributed by atoms with Gasteiger partial charge in [-0.3, -0.25) is 0 Å². The van der Waals surface area contributed by atoms with Gasteiger partial charge in [-0.25, -0.2) is 15.0 Å². The van der Waals surface area contributed by atoms with Crippen molar-refractivity contribution in [2.45, 2.75) is 42.9 Å². The molecule has 0 saturated heterocycles. The highest BCUT2D eigenvalue weighted by atomic mass is 15.0. The zero-order valence-electron chi connectivity index (χ0n) is 37.1. The van der Waals surface area contributed by atoms with E-state index in [1.807, 2.05) is 36.4 Å². The van der Waals surface area contributed by atoms with Gasteiger partial charge in [0.05, 0.1) is 5.41 Å². The minimum absolute atomic E-state index is 0.155. The molecule has 9 aromatic rings. The zero-order chi connectivity index (χ0) is 44.0. The van der Waals surface area contributed by atoms with Crippen molar-refractivity contribution in [3.8, 4) is 67.5 Å². The Balaban J connectivity index is 1.03.